The minimum absolute atomic E-state index is 0.00278. The van der Waals surface area contributed by atoms with Crippen molar-refractivity contribution in [3.63, 3.8) is 0 Å². The lowest BCUT2D eigenvalue weighted by molar-refractivity contribution is -0.144. The Labute approximate surface area is 236 Å². The molecule has 1 heterocycles. The Bertz CT molecular complexity index is 1330. The third-order valence-corrected chi connectivity index (χ3v) is 8.51. The van der Waals surface area contributed by atoms with Crippen LogP contribution in [0.5, 0.6) is 11.5 Å². The zero-order valence-electron chi connectivity index (χ0n) is 21.5. The summed E-state index contributed by atoms with van der Waals surface area (Å²) in [6.07, 6.45) is 4.62. The maximum atomic E-state index is 13.9. The maximum absolute atomic E-state index is 13.9. The van der Waals surface area contributed by atoms with E-state index >= 15 is 0 Å². The highest BCUT2D eigenvalue weighted by molar-refractivity contribution is 9.10. The molecule has 0 aromatic heterocycles. The van der Waals surface area contributed by atoms with Gasteiger partial charge < -0.3 is 19.9 Å². The molecule has 0 unspecified atom stereocenters. The predicted molar refractivity (Wildman–Crippen MR) is 149 cm³/mol. The number of phenolic OH excluding ortho intramolecular Hbond substituents is 1. The number of esters is 1. The van der Waals surface area contributed by atoms with Gasteiger partial charge in [-0.05, 0) is 103 Å². The van der Waals surface area contributed by atoms with Gasteiger partial charge >= 0.3 is 5.97 Å². The van der Waals surface area contributed by atoms with Gasteiger partial charge in [0.05, 0.1) is 16.7 Å². The number of nitrogens with one attached hydrogen (secondary N) is 1. The van der Waals surface area contributed by atoms with Crippen molar-refractivity contribution >= 4 is 39.3 Å². The molecule has 0 radical (unpaired) electrons. The lowest BCUT2D eigenvalue weighted by Gasteiger charge is -2.37. The van der Waals surface area contributed by atoms with Crippen LogP contribution in [0, 0.1) is 0 Å². The summed E-state index contributed by atoms with van der Waals surface area (Å²) < 4.78 is 12.1. The summed E-state index contributed by atoms with van der Waals surface area (Å²) in [7, 11) is 0. The standard InChI is InChI=1S/C30H31BrClNO5/c1-3-37-25-15-19(12-22(31)29(25)35)27-26(30(36)38-21-6-4-5-7-21)16(2)33-23-13-18(14-24(34)28(23)27)17-8-10-20(32)11-9-17/h8-12,15,18,21,27,33,35H,3-7,13-14H2,1-2H3/t18-,27+/m1/s1. The average Bonchev–Trinajstić information content (AvgIpc) is 3.39. The first-order valence-corrected chi connectivity index (χ1v) is 14.3. The number of hydrogen-bond donors (Lipinski definition) is 2. The van der Waals surface area contributed by atoms with Gasteiger partial charge in [0, 0.05) is 34.3 Å². The monoisotopic (exact) mass is 599 g/mol. The molecule has 3 aliphatic rings. The van der Waals surface area contributed by atoms with Crippen molar-refractivity contribution in [2.24, 2.45) is 0 Å². The van der Waals surface area contributed by atoms with Crippen molar-refractivity contribution in [2.75, 3.05) is 6.61 Å². The van der Waals surface area contributed by atoms with Crippen LogP contribution in [0.15, 0.2) is 63.4 Å². The van der Waals surface area contributed by atoms with Crippen molar-refractivity contribution in [3.8, 4) is 11.5 Å². The first-order valence-electron chi connectivity index (χ1n) is 13.1. The zero-order chi connectivity index (χ0) is 27.0. The van der Waals surface area contributed by atoms with Gasteiger partial charge in [-0.2, -0.15) is 0 Å². The van der Waals surface area contributed by atoms with E-state index in [4.69, 9.17) is 21.1 Å². The normalized spacial score (nSPS) is 21.8. The molecule has 0 saturated heterocycles. The van der Waals surface area contributed by atoms with Gasteiger partial charge in [-0.1, -0.05) is 23.7 Å². The van der Waals surface area contributed by atoms with Gasteiger partial charge in [0.2, 0.25) is 0 Å². The molecule has 1 fully saturated rings. The van der Waals surface area contributed by atoms with Crippen molar-refractivity contribution in [1.82, 2.24) is 5.32 Å². The minimum atomic E-state index is -0.644. The molecule has 2 N–H and O–H groups in total. The van der Waals surface area contributed by atoms with Gasteiger partial charge in [-0.15, -0.1) is 0 Å². The third kappa shape index (κ3) is 5.23. The van der Waals surface area contributed by atoms with Crippen LogP contribution in [0.1, 0.15) is 75.3 Å². The zero-order valence-corrected chi connectivity index (χ0v) is 23.8. The number of aromatic hydroxyl groups is 1. The van der Waals surface area contributed by atoms with E-state index in [1.165, 1.54) is 0 Å². The molecule has 0 bridgehead atoms. The summed E-state index contributed by atoms with van der Waals surface area (Å²) in [5, 5.41) is 14.6. The quantitative estimate of drug-likeness (QED) is 0.346. The molecule has 2 aromatic carbocycles. The molecule has 0 spiro atoms. The second-order valence-electron chi connectivity index (χ2n) is 10.2. The van der Waals surface area contributed by atoms with Crippen molar-refractivity contribution < 1.29 is 24.2 Å². The van der Waals surface area contributed by atoms with Gasteiger partial charge in [0.25, 0.3) is 0 Å². The summed E-state index contributed by atoms with van der Waals surface area (Å²) in [6.45, 7) is 4.05. The molecular formula is C30H31BrClNO5. The van der Waals surface area contributed by atoms with Crippen LogP contribution >= 0.6 is 27.5 Å². The van der Waals surface area contributed by atoms with E-state index in [2.05, 4.69) is 21.2 Å². The SMILES string of the molecule is CCOc1cc([C@H]2C(C(=O)OC3CCCC3)=C(C)NC3=C2C(=O)C[C@H](c2ccc(Cl)cc2)C3)cc(Br)c1O. The van der Waals surface area contributed by atoms with Crippen LogP contribution < -0.4 is 10.1 Å². The number of allylic oxidation sites excluding steroid dienone is 3. The van der Waals surface area contributed by atoms with E-state index in [0.717, 1.165) is 36.9 Å². The third-order valence-electron chi connectivity index (χ3n) is 7.65. The van der Waals surface area contributed by atoms with Crippen molar-refractivity contribution in [1.29, 1.82) is 0 Å². The number of ether oxygens (including phenoxy) is 2. The maximum Gasteiger partial charge on any atom is 0.337 e. The molecule has 200 valence electrons. The molecule has 6 nitrogen and oxygen atoms in total. The Morgan fingerprint density at radius 2 is 1.84 bits per heavy atom. The van der Waals surface area contributed by atoms with E-state index in [0.29, 0.717) is 57.1 Å². The molecule has 2 aromatic rings. The fourth-order valence-electron chi connectivity index (χ4n) is 5.86. The van der Waals surface area contributed by atoms with Gasteiger partial charge in [0.1, 0.15) is 6.10 Å². The van der Waals surface area contributed by atoms with Gasteiger partial charge in [-0.25, -0.2) is 4.79 Å². The molecule has 5 rings (SSSR count). The summed E-state index contributed by atoms with van der Waals surface area (Å²) in [5.74, 6) is -0.807. The van der Waals surface area contributed by atoms with Gasteiger partial charge in [-0.3, -0.25) is 4.79 Å². The number of Topliss-reactive ketones (excluding diaryl/α,β-unsaturated/α-hetero) is 1. The van der Waals surface area contributed by atoms with Crippen LogP contribution in [-0.2, 0) is 14.3 Å². The van der Waals surface area contributed by atoms with E-state index in [-0.39, 0.29) is 23.6 Å². The number of phenols is 1. The minimum Gasteiger partial charge on any atom is -0.503 e. The highest BCUT2D eigenvalue weighted by Gasteiger charge is 2.42. The Morgan fingerprint density at radius 1 is 1.13 bits per heavy atom. The molecule has 38 heavy (non-hydrogen) atoms. The number of rotatable bonds is 6. The number of hydrogen-bond acceptors (Lipinski definition) is 6. The van der Waals surface area contributed by atoms with Crippen molar-refractivity contribution in [2.45, 2.75) is 70.3 Å². The van der Waals surface area contributed by atoms with Crippen LogP contribution in [0.25, 0.3) is 0 Å². The average molecular weight is 601 g/mol. The first-order chi connectivity index (χ1) is 18.3. The van der Waals surface area contributed by atoms with Gasteiger partial charge in [0.15, 0.2) is 17.3 Å². The van der Waals surface area contributed by atoms with E-state index in [9.17, 15) is 14.7 Å². The van der Waals surface area contributed by atoms with E-state index in [1.807, 2.05) is 38.1 Å². The number of ketones is 1. The van der Waals surface area contributed by atoms with Crippen LogP contribution in [0.3, 0.4) is 0 Å². The number of halogens is 2. The van der Waals surface area contributed by atoms with E-state index < -0.39 is 11.9 Å². The molecule has 1 saturated carbocycles. The fourth-order valence-corrected chi connectivity index (χ4v) is 6.45. The number of carbonyl (C=O) groups excluding carboxylic acids is 2. The topological polar surface area (TPSA) is 84.9 Å². The fraction of sp³-hybridized carbons (Fsp3) is 0.400. The molecular weight excluding hydrogens is 570 g/mol. The molecule has 8 heteroatoms. The Hall–Kier alpha value is -2.77. The lowest BCUT2D eigenvalue weighted by Crippen LogP contribution is -2.36. The second kappa shape index (κ2) is 11.1. The Kier molecular flexibility index (Phi) is 7.87. The highest BCUT2D eigenvalue weighted by Crippen LogP contribution is 2.48. The Morgan fingerprint density at radius 3 is 2.53 bits per heavy atom. The molecule has 0 amide bonds. The largest absolute Gasteiger partial charge is 0.503 e. The predicted octanol–water partition coefficient (Wildman–Crippen LogP) is 7.05. The Balaban J connectivity index is 1.59. The highest BCUT2D eigenvalue weighted by atomic mass is 79.9. The van der Waals surface area contributed by atoms with E-state index in [1.54, 1.807) is 12.1 Å². The molecule has 2 atom stereocenters. The number of benzene rings is 2. The summed E-state index contributed by atoms with van der Waals surface area (Å²) >= 11 is 9.53. The first kappa shape index (κ1) is 26.8. The number of dihydropyridines is 1. The van der Waals surface area contributed by atoms with Crippen molar-refractivity contribution in [3.05, 3.63) is 79.6 Å². The molecule has 1 aliphatic heterocycles. The summed E-state index contributed by atoms with van der Waals surface area (Å²) in [6, 6.07) is 11.1. The van der Waals surface area contributed by atoms with Crippen LogP contribution in [-0.4, -0.2) is 29.6 Å². The summed E-state index contributed by atoms with van der Waals surface area (Å²) in [5.41, 5.74) is 4.20. The second-order valence-corrected chi connectivity index (χ2v) is 11.5. The number of carbonyl (C=O) groups is 2. The van der Waals surface area contributed by atoms with Crippen LogP contribution in [0.4, 0.5) is 0 Å². The molecule has 2 aliphatic carbocycles. The smallest absolute Gasteiger partial charge is 0.337 e. The lowest BCUT2D eigenvalue weighted by atomic mass is 9.71. The summed E-state index contributed by atoms with van der Waals surface area (Å²) in [4.78, 5) is 27.5. The van der Waals surface area contributed by atoms with Crippen LogP contribution in [0.2, 0.25) is 5.02 Å².